The van der Waals surface area contributed by atoms with Gasteiger partial charge in [0, 0.05) is 76.0 Å². The van der Waals surface area contributed by atoms with Crippen molar-refractivity contribution in [3.63, 3.8) is 0 Å². The number of rotatable bonds is 7. The van der Waals surface area contributed by atoms with Gasteiger partial charge in [-0.2, -0.15) is 5.10 Å². The number of piperidine rings is 4. The normalized spacial score (nSPS) is 23.5. The number of methoxy groups -OCH3 is 1. The molecule has 12 nitrogen and oxygen atoms in total. The minimum atomic E-state index is -0.628. The van der Waals surface area contributed by atoms with E-state index in [4.69, 9.17) is 4.74 Å². The highest BCUT2D eigenvalue weighted by Crippen LogP contribution is 2.44. The zero-order valence-electron chi connectivity index (χ0n) is 30.5. The van der Waals surface area contributed by atoms with Gasteiger partial charge in [-0.3, -0.25) is 24.5 Å². The van der Waals surface area contributed by atoms with Crippen molar-refractivity contribution in [2.75, 3.05) is 63.6 Å². The molecule has 0 radical (unpaired) electrons. The number of likely N-dealkylation sites (N-methyl/N-ethyl adjacent to an activating group) is 1. The molecule has 1 spiro atoms. The van der Waals surface area contributed by atoms with E-state index < -0.39 is 17.6 Å². The maximum atomic E-state index is 15.6. The number of nitrogens with one attached hydrogen (secondary N) is 2. The quantitative estimate of drug-likeness (QED) is 0.329. The first-order valence-electron chi connectivity index (χ1n) is 18.5. The molecule has 2 N–H and O–H groups in total. The Bertz CT molecular complexity index is 1940. The highest BCUT2D eigenvalue weighted by Gasteiger charge is 2.40. The van der Waals surface area contributed by atoms with Crippen LogP contribution in [0.5, 0.6) is 5.75 Å². The van der Waals surface area contributed by atoms with E-state index in [0.29, 0.717) is 65.3 Å². The number of anilines is 2. The number of hydrogen-bond donors (Lipinski definition) is 2. The second-order valence-electron chi connectivity index (χ2n) is 15.2. The van der Waals surface area contributed by atoms with Gasteiger partial charge >= 0.3 is 0 Å². The van der Waals surface area contributed by atoms with Crippen molar-refractivity contribution in [3.05, 3.63) is 79.9 Å². The summed E-state index contributed by atoms with van der Waals surface area (Å²) in [6.07, 6.45) is 6.72. The number of likely N-dealkylation sites (tertiary alicyclic amines) is 2. The van der Waals surface area contributed by atoms with Gasteiger partial charge in [-0.25, -0.2) is 9.07 Å². The minimum absolute atomic E-state index is 0.0532. The van der Waals surface area contributed by atoms with Crippen molar-refractivity contribution >= 4 is 45.0 Å². The van der Waals surface area contributed by atoms with Crippen molar-refractivity contribution in [2.45, 2.75) is 62.8 Å². The molecule has 1 aromatic heterocycles. The van der Waals surface area contributed by atoms with Crippen LogP contribution in [0.4, 0.5) is 15.8 Å². The van der Waals surface area contributed by atoms with Gasteiger partial charge in [0.2, 0.25) is 11.8 Å². The molecule has 3 aromatic rings. The molecule has 0 aliphatic carbocycles. The Kier molecular flexibility index (Phi) is 10.6. The first-order chi connectivity index (χ1) is 25.4. The average molecular weight is 793 g/mol. The molecule has 4 saturated heterocycles. The topological polar surface area (TPSA) is 129 Å². The molecule has 4 aliphatic rings. The van der Waals surface area contributed by atoms with E-state index in [1.54, 1.807) is 19.3 Å². The summed E-state index contributed by atoms with van der Waals surface area (Å²) in [7, 11) is 5.24. The molecule has 1 unspecified atom stereocenters. The predicted octanol–water partition coefficient (Wildman–Crippen LogP) is 4.63. The summed E-state index contributed by atoms with van der Waals surface area (Å²) in [5.74, 6) is -0.984. The monoisotopic (exact) mass is 791 g/mol. The molecule has 0 bridgehead atoms. The fraction of sp³-hybridized carbons (Fsp3) is 0.513. The minimum Gasteiger partial charge on any atom is -0.496 e. The van der Waals surface area contributed by atoms with Gasteiger partial charge in [0.15, 0.2) is 0 Å². The smallest absolute Gasteiger partial charge is 0.282 e. The Morgan fingerprint density at radius 1 is 1.02 bits per heavy atom. The molecular weight excluding hydrogens is 745 g/mol. The van der Waals surface area contributed by atoms with Crippen LogP contribution in [0.1, 0.15) is 78.3 Å². The third-order valence-electron chi connectivity index (χ3n) is 11.9. The van der Waals surface area contributed by atoms with Crippen LogP contribution in [0.2, 0.25) is 0 Å². The van der Waals surface area contributed by atoms with Crippen LogP contribution in [0.3, 0.4) is 0 Å². The maximum absolute atomic E-state index is 15.6. The van der Waals surface area contributed by atoms with Gasteiger partial charge in [0.05, 0.1) is 30.6 Å². The van der Waals surface area contributed by atoms with Crippen LogP contribution in [-0.4, -0.2) is 96.8 Å². The number of hydrogen-bond acceptors (Lipinski definition) is 9. The Balaban J connectivity index is 0.930. The first-order valence-corrected chi connectivity index (χ1v) is 19.2. The van der Waals surface area contributed by atoms with E-state index in [9.17, 15) is 19.2 Å². The summed E-state index contributed by atoms with van der Waals surface area (Å²) in [5, 5.41) is 10.0. The Labute approximate surface area is 317 Å². The van der Waals surface area contributed by atoms with E-state index in [1.807, 2.05) is 17.0 Å². The molecule has 53 heavy (non-hydrogen) atoms. The van der Waals surface area contributed by atoms with Gasteiger partial charge in [0.1, 0.15) is 16.0 Å². The summed E-state index contributed by atoms with van der Waals surface area (Å²) < 4.78 is 22.9. The molecular formula is C39H47BrFN7O5. The van der Waals surface area contributed by atoms with Crippen LogP contribution in [-0.2, 0) is 16.6 Å². The lowest BCUT2D eigenvalue weighted by Gasteiger charge is -2.47. The fourth-order valence-electron chi connectivity index (χ4n) is 8.72. The van der Waals surface area contributed by atoms with Crippen molar-refractivity contribution in [1.29, 1.82) is 0 Å². The number of halogens is 2. The number of amides is 3. The van der Waals surface area contributed by atoms with E-state index in [0.717, 1.165) is 45.2 Å². The van der Waals surface area contributed by atoms with Crippen LogP contribution in [0.15, 0.2) is 51.9 Å². The average Bonchev–Trinajstić information content (AvgIpc) is 3.15. The summed E-state index contributed by atoms with van der Waals surface area (Å²) in [5.41, 5.74) is 3.42. The summed E-state index contributed by atoms with van der Waals surface area (Å²) in [4.78, 5) is 56.4. The lowest BCUT2D eigenvalue weighted by atomic mass is 9.71. The highest BCUT2D eigenvalue weighted by molar-refractivity contribution is 9.10. The summed E-state index contributed by atoms with van der Waals surface area (Å²) in [6, 6.07) is 11.3. The molecule has 282 valence electrons. The van der Waals surface area contributed by atoms with Crippen molar-refractivity contribution < 1.29 is 23.5 Å². The van der Waals surface area contributed by atoms with Gasteiger partial charge in [-0.15, -0.1) is 0 Å². The molecule has 5 heterocycles. The number of benzene rings is 2. The second-order valence-corrected chi connectivity index (χ2v) is 16.0. The van der Waals surface area contributed by atoms with Crippen LogP contribution >= 0.6 is 15.9 Å². The lowest BCUT2D eigenvalue weighted by Crippen LogP contribution is -2.48. The molecule has 0 saturated carbocycles. The van der Waals surface area contributed by atoms with Gasteiger partial charge in [0.25, 0.3) is 11.5 Å². The first kappa shape index (κ1) is 37.0. The molecule has 2 aromatic carbocycles. The van der Waals surface area contributed by atoms with Crippen molar-refractivity contribution in [2.24, 2.45) is 12.5 Å². The largest absolute Gasteiger partial charge is 0.496 e. The van der Waals surface area contributed by atoms with Gasteiger partial charge in [-0.05, 0) is 96.6 Å². The third kappa shape index (κ3) is 7.71. The number of carbonyl (C=O) groups excluding carboxylic acids is 3. The third-order valence-corrected chi connectivity index (χ3v) is 12.7. The number of aryl methyl sites for hydroxylation is 1. The summed E-state index contributed by atoms with van der Waals surface area (Å²) >= 11 is 3.42. The zero-order chi connectivity index (χ0) is 37.4. The number of aromatic nitrogens is 2. The molecule has 14 heteroatoms. The number of imide groups is 1. The van der Waals surface area contributed by atoms with Crippen molar-refractivity contribution in [1.82, 2.24) is 24.9 Å². The molecule has 3 atom stereocenters. The molecule has 7 rings (SSSR count). The summed E-state index contributed by atoms with van der Waals surface area (Å²) in [6.45, 7) is 4.51. The van der Waals surface area contributed by atoms with E-state index >= 15 is 4.39 Å². The second kappa shape index (κ2) is 15.2. The van der Waals surface area contributed by atoms with E-state index in [-0.39, 0.29) is 41.2 Å². The number of nitrogens with zero attached hydrogens (tertiary/aromatic N) is 5. The van der Waals surface area contributed by atoms with Gasteiger partial charge in [-0.1, -0.05) is 12.1 Å². The standard InChI is InChI=1S/C39H47BrFN7O5/c1-45-22-26(18-27(23-45)43-31-21-42-46(2)38(52)35(31)40)24-4-6-25(7-5-24)37(51)48-16-12-39(13-17-48)10-14-47(15-11-39)32-20-33(53-3)29(19-30(32)41)28-8-9-34(49)44-36(28)50/h4-7,19-21,26-28,43H,8-18,22-23H2,1-3H3,(H,44,49,50)/t26-,27+,28?/m0/s1. The predicted molar refractivity (Wildman–Crippen MR) is 203 cm³/mol. The molecule has 4 fully saturated rings. The fourth-order valence-corrected chi connectivity index (χ4v) is 9.20. The van der Waals surface area contributed by atoms with Crippen LogP contribution in [0, 0.1) is 11.2 Å². The number of carbonyl (C=O) groups is 3. The maximum Gasteiger partial charge on any atom is 0.282 e. The van der Waals surface area contributed by atoms with Gasteiger partial charge < -0.3 is 24.8 Å². The Morgan fingerprint density at radius 3 is 2.40 bits per heavy atom. The number of ether oxygens (including phenoxy) is 1. The Morgan fingerprint density at radius 2 is 1.72 bits per heavy atom. The SMILES string of the molecule is COc1cc(N2CCC3(CCN(C(=O)c4ccc([C@H]5C[C@@H](Nc6cnn(C)c(=O)c6Br)CN(C)C5)cc4)CC3)CC2)c(F)cc1C1CCC(=O)NC1=O. The van der Waals surface area contributed by atoms with Crippen molar-refractivity contribution in [3.8, 4) is 5.75 Å². The highest BCUT2D eigenvalue weighted by atomic mass is 79.9. The van der Waals surface area contributed by atoms with Crippen LogP contribution in [0.25, 0.3) is 0 Å². The molecule has 3 amide bonds. The van der Waals surface area contributed by atoms with E-state index in [1.165, 1.54) is 23.4 Å². The Hall–Kier alpha value is -4.30. The molecule has 4 aliphatic heterocycles. The zero-order valence-corrected chi connectivity index (χ0v) is 32.1. The van der Waals surface area contributed by atoms with Crippen LogP contribution < -0.4 is 25.8 Å². The van der Waals surface area contributed by atoms with E-state index in [2.05, 4.69) is 60.6 Å². The lowest BCUT2D eigenvalue weighted by molar-refractivity contribution is -0.134.